The summed E-state index contributed by atoms with van der Waals surface area (Å²) in [5.74, 6) is -0.776. The zero-order valence-corrected chi connectivity index (χ0v) is 12.0. The number of rotatable bonds is 5. The van der Waals surface area contributed by atoms with Crippen LogP contribution in [0, 0.1) is 5.82 Å². The van der Waals surface area contributed by atoms with Gasteiger partial charge in [0.1, 0.15) is 10.7 Å². The molecule has 7 heteroatoms. The zero-order chi connectivity index (χ0) is 13.9. The molecule has 0 unspecified atom stereocenters. The summed E-state index contributed by atoms with van der Waals surface area (Å²) in [5, 5.41) is 2.94. The SMILES string of the molecule is CNCc1cc(Cl)cc(S(=O)(=O)NC(C)C)c1F. The Balaban J connectivity index is 3.32. The number of hydrogen-bond donors (Lipinski definition) is 2. The lowest BCUT2D eigenvalue weighted by Crippen LogP contribution is -2.31. The van der Waals surface area contributed by atoms with Crippen molar-refractivity contribution >= 4 is 21.6 Å². The highest BCUT2D eigenvalue weighted by atomic mass is 35.5. The molecular formula is C11H16ClFN2O2S. The Bertz CT molecular complexity index is 532. The lowest BCUT2D eigenvalue weighted by atomic mass is 10.2. The Kier molecular flexibility index (Phi) is 5.10. The summed E-state index contributed by atoms with van der Waals surface area (Å²) in [7, 11) is -2.25. The van der Waals surface area contributed by atoms with Gasteiger partial charge in [-0.25, -0.2) is 17.5 Å². The van der Waals surface area contributed by atoms with E-state index in [0.29, 0.717) is 0 Å². The van der Waals surface area contributed by atoms with E-state index in [-0.39, 0.29) is 23.2 Å². The Morgan fingerprint density at radius 1 is 1.39 bits per heavy atom. The fraction of sp³-hybridized carbons (Fsp3) is 0.455. The van der Waals surface area contributed by atoms with E-state index < -0.39 is 20.7 Å². The van der Waals surface area contributed by atoms with Crippen LogP contribution in [-0.2, 0) is 16.6 Å². The third kappa shape index (κ3) is 3.65. The van der Waals surface area contributed by atoms with Crippen LogP contribution in [-0.4, -0.2) is 21.5 Å². The monoisotopic (exact) mass is 294 g/mol. The van der Waals surface area contributed by atoms with E-state index in [2.05, 4.69) is 10.0 Å². The molecule has 0 atom stereocenters. The number of benzene rings is 1. The van der Waals surface area contributed by atoms with Crippen molar-refractivity contribution in [3.63, 3.8) is 0 Å². The van der Waals surface area contributed by atoms with Crippen molar-refractivity contribution in [2.75, 3.05) is 7.05 Å². The summed E-state index contributed by atoms with van der Waals surface area (Å²) in [4.78, 5) is -0.422. The standard InChI is InChI=1S/C11H16ClFN2O2S/c1-7(2)15-18(16,17)10-5-9(12)4-8(6-14-3)11(10)13/h4-5,7,14-15H,6H2,1-3H3. The van der Waals surface area contributed by atoms with E-state index in [1.165, 1.54) is 6.07 Å². The second kappa shape index (κ2) is 5.97. The van der Waals surface area contributed by atoms with Gasteiger partial charge in [0.15, 0.2) is 0 Å². The first-order chi connectivity index (χ1) is 8.27. The van der Waals surface area contributed by atoms with Gasteiger partial charge >= 0.3 is 0 Å². The largest absolute Gasteiger partial charge is 0.316 e. The Morgan fingerprint density at radius 2 is 2.00 bits per heavy atom. The third-order valence-electron chi connectivity index (χ3n) is 2.13. The molecule has 4 nitrogen and oxygen atoms in total. The van der Waals surface area contributed by atoms with Crippen molar-refractivity contribution in [1.82, 2.24) is 10.0 Å². The van der Waals surface area contributed by atoms with Gasteiger partial charge in [0.25, 0.3) is 0 Å². The molecule has 0 saturated heterocycles. The van der Waals surface area contributed by atoms with Crippen molar-refractivity contribution < 1.29 is 12.8 Å². The third-order valence-corrected chi connectivity index (χ3v) is 4.00. The number of nitrogens with one attached hydrogen (secondary N) is 2. The quantitative estimate of drug-likeness (QED) is 0.872. The van der Waals surface area contributed by atoms with E-state index in [4.69, 9.17) is 11.6 Å². The molecule has 1 aromatic carbocycles. The lowest BCUT2D eigenvalue weighted by Gasteiger charge is -2.13. The van der Waals surface area contributed by atoms with Gasteiger partial charge in [-0.05, 0) is 33.0 Å². The molecule has 18 heavy (non-hydrogen) atoms. The molecule has 0 bridgehead atoms. The van der Waals surface area contributed by atoms with Crippen LogP contribution in [0.3, 0.4) is 0 Å². The fourth-order valence-corrected chi connectivity index (χ4v) is 3.21. The second-order valence-corrected chi connectivity index (χ2v) is 6.30. The zero-order valence-electron chi connectivity index (χ0n) is 10.4. The molecule has 102 valence electrons. The van der Waals surface area contributed by atoms with Gasteiger partial charge in [-0.3, -0.25) is 0 Å². The Hall–Kier alpha value is -0.690. The van der Waals surface area contributed by atoms with Crippen LogP contribution < -0.4 is 10.0 Å². The maximum Gasteiger partial charge on any atom is 0.243 e. The van der Waals surface area contributed by atoms with Crippen LogP contribution in [0.5, 0.6) is 0 Å². The minimum atomic E-state index is -3.89. The summed E-state index contributed by atoms with van der Waals surface area (Å²) >= 11 is 5.81. The average molecular weight is 295 g/mol. The molecule has 0 radical (unpaired) electrons. The summed E-state index contributed by atoms with van der Waals surface area (Å²) in [6.07, 6.45) is 0. The van der Waals surface area contributed by atoms with Gasteiger partial charge < -0.3 is 5.32 Å². The fourth-order valence-electron chi connectivity index (χ4n) is 1.51. The van der Waals surface area contributed by atoms with Crippen LogP contribution >= 0.6 is 11.6 Å². The van der Waals surface area contributed by atoms with E-state index in [1.54, 1.807) is 20.9 Å². The first-order valence-electron chi connectivity index (χ1n) is 5.42. The second-order valence-electron chi connectivity index (χ2n) is 4.18. The molecule has 0 aliphatic carbocycles. The molecule has 0 amide bonds. The smallest absolute Gasteiger partial charge is 0.243 e. The molecule has 2 N–H and O–H groups in total. The van der Waals surface area contributed by atoms with Crippen LogP contribution in [0.25, 0.3) is 0 Å². The lowest BCUT2D eigenvalue weighted by molar-refractivity contribution is 0.540. The Morgan fingerprint density at radius 3 is 2.50 bits per heavy atom. The first-order valence-corrected chi connectivity index (χ1v) is 7.29. The average Bonchev–Trinajstić information content (AvgIpc) is 2.21. The molecule has 0 aliphatic heterocycles. The van der Waals surface area contributed by atoms with Crippen molar-refractivity contribution in [3.05, 3.63) is 28.5 Å². The molecule has 0 aliphatic rings. The van der Waals surface area contributed by atoms with E-state index in [0.717, 1.165) is 6.07 Å². The summed E-state index contributed by atoms with van der Waals surface area (Å²) < 4.78 is 40.3. The molecule has 1 aromatic rings. The molecular weight excluding hydrogens is 279 g/mol. The summed E-state index contributed by atoms with van der Waals surface area (Å²) in [6.45, 7) is 3.53. The van der Waals surface area contributed by atoms with Crippen molar-refractivity contribution in [2.45, 2.75) is 31.3 Å². The van der Waals surface area contributed by atoms with E-state index in [9.17, 15) is 12.8 Å². The molecule has 0 spiro atoms. The topological polar surface area (TPSA) is 58.2 Å². The van der Waals surface area contributed by atoms with Crippen molar-refractivity contribution in [1.29, 1.82) is 0 Å². The van der Waals surface area contributed by atoms with Crippen LogP contribution in [0.4, 0.5) is 4.39 Å². The van der Waals surface area contributed by atoms with E-state index in [1.807, 2.05) is 0 Å². The normalized spacial score (nSPS) is 12.1. The van der Waals surface area contributed by atoms with Gasteiger partial charge in [0, 0.05) is 23.2 Å². The molecule has 0 saturated carbocycles. The molecule has 0 heterocycles. The number of hydrogen-bond acceptors (Lipinski definition) is 3. The van der Waals surface area contributed by atoms with Crippen molar-refractivity contribution in [3.8, 4) is 0 Å². The number of sulfonamides is 1. The Labute approximate surface area is 112 Å². The van der Waals surface area contributed by atoms with Gasteiger partial charge in [-0.15, -0.1) is 0 Å². The van der Waals surface area contributed by atoms with Crippen LogP contribution in [0.1, 0.15) is 19.4 Å². The van der Waals surface area contributed by atoms with Gasteiger partial charge in [-0.1, -0.05) is 11.6 Å². The van der Waals surface area contributed by atoms with E-state index >= 15 is 0 Å². The van der Waals surface area contributed by atoms with Gasteiger partial charge in [0.05, 0.1) is 0 Å². The molecule has 0 fully saturated rings. The minimum absolute atomic E-state index is 0.186. The maximum absolute atomic E-state index is 14.1. The highest BCUT2D eigenvalue weighted by molar-refractivity contribution is 7.89. The predicted octanol–water partition coefficient (Wildman–Crippen LogP) is 1.89. The van der Waals surface area contributed by atoms with Gasteiger partial charge in [-0.2, -0.15) is 0 Å². The predicted molar refractivity (Wildman–Crippen MR) is 69.6 cm³/mol. The van der Waals surface area contributed by atoms with Crippen molar-refractivity contribution in [2.24, 2.45) is 0 Å². The highest BCUT2D eigenvalue weighted by Gasteiger charge is 2.22. The minimum Gasteiger partial charge on any atom is -0.316 e. The highest BCUT2D eigenvalue weighted by Crippen LogP contribution is 2.23. The van der Waals surface area contributed by atoms with Gasteiger partial charge in [0.2, 0.25) is 10.0 Å². The van der Waals surface area contributed by atoms with Crippen LogP contribution in [0.15, 0.2) is 17.0 Å². The molecule has 0 aromatic heterocycles. The summed E-state index contributed by atoms with van der Waals surface area (Å²) in [5.41, 5.74) is 0.217. The number of halogens is 2. The summed E-state index contributed by atoms with van der Waals surface area (Å²) in [6, 6.07) is 2.20. The first kappa shape index (κ1) is 15.4. The molecule has 1 rings (SSSR count). The van der Waals surface area contributed by atoms with Crippen LogP contribution in [0.2, 0.25) is 5.02 Å². The maximum atomic E-state index is 14.1.